The minimum Gasteiger partial charge on any atom is -0.339 e. The quantitative estimate of drug-likeness (QED) is 0.270. The molecule has 3 aromatic rings. The highest BCUT2D eigenvalue weighted by Crippen LogP contribution is 2.25. The zero-order chi connectivity index (χ0) is 27.5. The monoisotopic (exact) mass is 507 g/mol. The molecule has 1 atom stereocenters. The molecule has 0 fully saturated rings. The van der Waals surface area contributed by atoms with Crippen LogP contribution >= 0.6 is 0 Å². The molecule has 3 rings (SSSR count). The van der Waals surface area contributed by atoms with Gasteiger partial charge in [0.1, 0.15) is 6.04 Å². The summed E-state index contributed by atoms with van der Waals surface area (Å²) in [4.78, 5) is 30.6. The molecule has 0 saturated carbocycles. The summed E-state index contributed by atoms with van der Waals surface area (Å²) in [5.41, 5.74) is 5.38. The van der Waals surface area contributed by atoms with E-state index in [4.69, 9.17) is 0 Å². The standard InChI is InChI=1S/C33H37N3O2/c1-5-6-16-32(37)36(24-27-17-19-28(20-18-27)30-15-11-10-14-29(30)22-34)31(21-25(2)3)33(38)35(4)23-26-12-8-7-9-13-26/h7-15,17-21,31H,5-6,16,23-24H2,1-4H3. The van der Waals surface area contributed by atoms with Crippen LogP contribution in [0.1, 0.15) is 56.7 Å². The van der Waals surface area contributed by atoms with Crippen molar-refractivity contribution >= 4 is 11.8 Å². The van der Waals surface area contributed by atoms with E-state index < -0.39 is 6.04 Å². The number of hydrogen-bond acceptors (Lipinski definition) is 3. The van der Waals surface area contributed by atoms with Crippen molar-refractivity contribution in [1.82, 2.24) is 9.80 Å². The molecular formula is C33H37N3O2. The molecule has 0 N–H and O–H groups in total. The number of allylic oxidation sites excluding steroid dienone is 1. The number of benzene rings is 3. The van der Waals surface area contributed by atoms with Crippen molar-refractivity contribution in [2.75, 3.05) is 7.05 Å². The van der Waals surface area contributed by atoms with E-state index in [2.05, 4.69) is 13.0 Å². The van der Waals surface area contributed by atoms with Gasteiger partial charge in [-0.3, -0.25) is 9.59 Å². The molecule has 1 unspecified atom stereocenters. The average molecular weight is 508 g/mol. The second kappa shape index (κ2) is 13.9. The smallest absolute Gasteiger partial charge is 0.249 e. The van der Waals surface area contributed by atoms with Crippen LogP contribution in [0.3, 0.4) is 0 Å². The summed E-state index contributed by atoms with van der Waals surface area (Å²) < 4.78 is 0. The van der Waals surface area contributed by atoms with Gasteiger partial charge in [0, 0.05) is 26.6 Å². The topological polar surface area (TPSA) is 64.4 Å². The van der Waals surface area contributed by atoms with E-state index in [9.17, 15) is 14.9 Å². The minimum absolute atomic E-state index is 0.0327. The Bertz CT molecular complexity index is 1290. The third kappa shape index (κ3) is 7.66. The van der Waals surface area contributed by atoms with Gasteiger partial charge in [0.25, 0.3) is 0 Å². The second-order valence-electron chi connectivity index (χ2n) is 9.85. The number of carbonyl (C=O) groups is 2. The predicted molar refractivity (Wildman–Crippen MR) is 153 cm³/mol. The minimum atomic E-state index is -0.697. The molecule has 0 saturated heterocycles. The van der Waals surface area contributed by atoms with Crippen LogP contribution in [0.25, 0.3) is 11.1 Å². The first kappa shape index (κ1) is 28.4. The Kier molecular flexibility index (Phi) is 10.4. The first-order valence-electron chi connectivity index (χ1n) is 13.2. The molecule has 0 bridgehead atoms. The Labute approximate surface area is 227 Å². The number of amides is 2. The Hall–Kier alpha value is -4.17. The lowest BCUT2D eigenvalue weighted by molar-refractivity contribution is -0.144. The number of unbranched alkanes of at least 4 members (excludes halogenated alkanes) is 1. The van der Waals surface area contributed by atoms with E-state index in [-0.39, 0.29) is 11.8 Å². The molecule has 0 radical (unpaired) electrons. The molecule has 0 aliphatic heterocycles. The Morgan fingerprint density at radius 2 is 1.53 bits per heavy atom. The molecule has 38 heavy (non-hydrogen) atoms. The highest BCUT2D eigenvalue weighted by molar-refractivity contribution is 5.89. The van der Waals surface area contributed by atoms with Gasteiger partial charge >= 0.3 is 0 Å². The van der Waals surface area contributed by atoms with E-state index in [0.29, 0.717) is 25.1 Å². The van der Waals surface area contributed by atoms with Crippen molar-refractivity contribution in [3.8, 4) is 17.2 Å². The molecule has 0 heterocycles. The fourth-order valence-electron chi connectivity index (χ4n) is 4.40. The molecule has 196 valence electrons. The first-order valence-corrected chi connectivity index (χ1v) is 13.2. The van der Waals surface area contributed by atoms with E-state index >= 15 is 0 Å². The summed E-state index contributed by atoms with van der Waals surface area (Å²) in [5.74, 6) is -0.144. The Morgan fingerprint density at radius 1 is 0.895 bits per heavy atom. The maximum absolute atomic E-state index is 13.8. The van der Waals surface area contributed by atoms with Gasteiger partial charge in [-0.1, -0.05) is 97.8 Å². The molecule has 5 heteroatoms. The summed E-state index contributed by atoms with van der Waals surface area (Å²) in [6.07, 6.45) is 3.97. The van der Waals surface area contributed by atoms with Crippen LogP contribution in [-0.4, -0.2) is 34.7 Å². The van der Waals surface area contributed by atoms with Gasteiger partial charge in [-0.05, 0) is 48.6 Å². The summed E-state index contributed by atoms with van der Waals surface area (Å²) in [6, 6.07) is 26.8. The van der Waals surface area contributed by atoms with Crippen LogP contribution in [0.15, 0.2) is 90.5 Å². The fourth-order valence-corrected chi connectivity index (χ4v) is 4.40. The number of nitriles is 1. The second-order valence-corrected chi connectivity index (χ2v) is 9.85. The Morgan fingerprint density at radius 3 is 2.16 bits per heavy atom. The van der Waals surface area contributed by atoms with Crippen LogP contribution in [0.4, 0.5) is 0 Å². The lowest BCUT2D eigenvalue weighted by Gasteiger charge is -2.33. The Balaban J connectivity index is 1.91. The third-order valence-electron chi connectivity index (χ3n) is 6.45. The largest absolute Gasteiger partial charge is 0.339 e. The predicted octanol–water partition coefficient (Wildman–Crippen LogP) is 6.74. The molecule has 0 aromatic heterocycles. The lowest BCUT2D eigenvalue weighted by atomic mass is 9.99. The maximum atomic E-state index is 13.8. The zero-order valence-corrected chi connectivity index (χ0v) is 22.9. The highest BCUT2D eigenvalue weighted by atomic mass is 16.2. The van der Waals surface area contributed by atoms with Crippen molar-refractivity contribution in [1.29, 1.82) is 5.26 Å². The van der Waals surface area contributed by atoms with Gasteiger partial charge < -0.3 is 9.80 Å². The van der Waals surface area contributed by atoms with Gasteiger partial charge in [0.05, 0.1) is 11.6 Å². The van der Waals surface area contributed by atoms with E-state index in [1.165, 1.54) is 0 Å². The maximum Gasteiger partial charge on any atom is 0.249 e. The van der Waals surface area contributed by atoms with Crippen LogP contribution in [0.5, 0.6) is 0 Å². The van der Waals surface area contributed by atoms with Crippen molar-refractivity contribution in [2.45, 2.75) is 59.2 Å². The van der Waals surface area contributed by atoms with E-state index in [0.717, 1.165) is 40.7 Å². The third-order valence-corrected chi connectivity index (χ3v) is 6.45. The van der Waals surface area contributed by atoms with Gasteiger partial charge in [-0.15, -0.1) is 0 Å². The normalized spacial score (nSPS) is 11.2. The molecule has 0 aliphatic carbocycles. The van der Waals surface area contributed by atoms with E-state index in [1.54, 1.807) is 22.9 Å². The number of hydrogen-bond donors (Lipinski definition) is 0. The van der Waals surface area contributed by atoms with Crippen molar-refractivity contribution in [3.05, 3.63) is 107 Å². The number of likely N-dealkylation sites (N-methyl/N-ethyl adjacent to an activating group) is 1. The van der Waals surface area contributed by atoms with Crippen LogP contribution in [0, 0.1) is 11.3 Å². The number of nitrogens with zero attached hydrogens (tertiary/aromatic N) is 3. The zero-order valence-electron chi connectivity index (χ0n) is 22.9. The van der Waals surface area contributed by atoms with Crippen LogP contribution in [-0.2, 0) is 22.7 Å². The number of rotatable bonds is 11. The summed E-state index contributed by atoms with van der Waals surface area (Å²) in [5, 5.41) is 9.47. The molecule has 0 aliphatic rings. The molecule has 3 aromatic carbocycles. The lowest BCUT2D eigenvalue weighted by Crippen LogP contribution is -2.48. The summed E-state index contributed by atoms with van der Waals surface area (Å²) in [6.45, 7) is 6.75. The highest BCUT2D eigenvalue weighted by Gasteiger charge is 2.30. The average Bonchev–Trinajstić information content (AvgIpc) is 2.93. The van der Waals surface area contributed by atoms with Crippen LogP contribution < -0.4 is 0 Å². The van der Waals surface area contributed by atoms with Gasteiger partial charge in [-0.2, -0.15) is 5.26 Å². The van der Waals surface area contributed by atoms with Gasteiger partial charge in [0.15, 0.2) is 0 Å². The summed E-state index contributed by atoms with van der Waals surface area (Å²) >= 11 is 0. The van der Waals surface area contributed by atoms with Gasteiger partial charge in [0.2, 0.25) is 11.8 Å². The van der Waals surface area contributed by atoms with Crippen molar-refractivity contribution < 1.29 is 9.59 Å². The van der Waals surface area contributed by atoms with Crippen LogP contribution in [0.2, 0.25) is 0 Å². The first-order chi connectivity index (χ1) is 18.3. The molecular weight excluding hydrogens is 470 g/mol. The molecule has 0 spiro atoms. The number of carbonyl (C=O) groups excluding carboxylic acids is 2. The SMILES string of the molecule is CCCCC(=O)N(Cc1ccc(-c2ccccc2C#N)cc1)C(C=C(C)C)C(=O)N(C)Cc1ccccc1. The molecule has 5 nitrogen and oxygen atoms in total. The van der Waals surface area contributed by atoms with Crippen molar-refractivity contribution in [3.63, 3.8) is 0 Å². The molecule has 2 amide bonds. The summed E-state index contributed by atoms with van der Waals surface area (Å²) in [7, 11) is 1.79. The van der Waals surface area contributed by atoms with Gasteiger partial charge in [-0.25, -0.2) is 0 Å². The fraction of sp³-hybridized carbons (Fsp3) is 0.303. The van der Waals surface area contributed by atoms with Crippen molar-refractivity contribution in [2.24, 2.45) is 0 Å². The van der Waals surface area contributed by atoms with E-state index in [1.807, 2.05) is 92.7 Å².